The molecular formula is C12H15N5O. The minimum absolute atomic E-state index is 0.487. The zero-order valence-electron chi connectivity index (χ0n) is 10.0. The van der Waals surface area contributed by atoms with Gasteiger partial charge in [-0.05, 0) is 25.8 Å². The number of nitrogens with zero attached hydrogens (tertiary/aromatic N) is 4. The predicted molar refractivity (Wildman–Crippen MR) is 64.7 cm³/mol. The van der Waals surface area contributed by atoms with Crippen molar-refractivity contribution >= 4 is 0 Å². The van der Waals surface area contributed by atoms with Gasteiger partial charge in [0.05, 0.1) is 5.56 Å². The van der Waals surface area contributed by atoms with Crippen LogP contribution in [0.5, 0.6) is 0 Å². The Labute approximate surface area is 105 Å². The Morgan fingerprint density at radius 1 is 1.22 bits per heavy atom. The molecule has 6 heteroatoms. The van der Waals surface area contributed by atoms with E-state index in [0.717, 1.165) is 31.0 Å². The molecular weight excluding hydrogens is 230 g/mol. The first kappa shape index (κ1) is 11.3. The number of aromatic nitrogens is 4. The Morgan fingerprint density at radius 3 is 2.83 bits per heavy atom. The van der Waals surface area contributed by atoms with Gasteiger partial charge in [0, 0.05) is 24.9 Å². The van der Waals surface area contributed by atoms with E-state index in [9.17, 15) is 0 Å². The molecule has 1 aliphatic rings. The zero-order valence-corrected chi connectivity index (χ0v) is 10.0. The monoisotopic (exact) mass is 245 g/mol. The summed E-state index contributed by atoms with van der Waals surface area (Å²) < 4.78 is 5.56. The summed E-state index contributed by atoms with van der Waals surface area (Å²) in [5, 5.41) is 11.5. The molecule has 0 spiro atoms. The van der Waals surface area contributed by atoms with E-state index in [-0.39, 0.29) is 0 Å². The van der Waals surface area contributed by atoms with Crippen molar-refractivity contribution < 1.29 is 4.42 Å². The SMILES string of the molecule is c1ncc(-c2nnc(CCCNC3CC3)o2)cn1. The number of hydrogen-bond donors (Lipinski definition) is 1. The van der Waals surface area contributed by atoms with Gasteiger partial charge in [0.1, 0.15) is 6.33 Å². The van der Waals surface area contributed by atoms with Gasteiger partial charge >= 0.3 is 0 Å². The van der Waals surface area contributed by atoms with E-state index in [0.29, 0.717) is 11.8 Å². The maximum atomic E-state index is 5.56. The fourth-order valence-electron chi connectivity index (χ4n) is 1.71. The first-order valence-electron chi connectivity index (χ1n) is 6.23. The molecule has 0 radical (unpaired) electrons. The van der Waals surface area contributed by atoms with Gasteiger partial charge in [-0.25, -0.2) is 9.97 Å². The minimum atomic E-state index is 0.487. The van der Waals surface area contributed by atoms with E-state index >= 15 is 0 Å². The highest BCUT2D eigenvalue weighted by atomic mass is 16.4. The molecule has 0 aliphatic heterocycles. The molecule has 1 saturated carbocycles. The summed E-state index contributed by atoms with van der Waals surface area (Å²) in [6.45, 7) is 1.01. The average Bonchev–Trinajstić information content (AvgIpc) is 3.12. The molecule has 2 aromatic heterocycles. The Bertz CT molecular complexity index is 494. The third-order valence-electron chi connectivity index (χ3n) is 2.85. The van der Waals surface area contributed by atoms with Gasteiger partial charge in [-0.1, -0.05) is 0 Å². The molecule has 0 aromatic carbocycles. The summed E-state index contributed by atoms with van der Waals surface area (Å²) in [4.78, 5) is 7.85. The van der Waals surface area contributed by atoms with Gasteiger partial charge in [-0.2, -0.15) is 0 Å². The quantitative estimate of drug-likeness (QED) is 0.771. The highest BCUT2D eigenvalue weighted by molar-refractivity contribution is 5.48. The molecule has 1 aliphatic carbocycles. The zero-order chi connectivity index (χ0) is 12.2. The third-order valence-corrected chi connectivity index (χ3v) is 2.85. The molecule has 0 amide bonds. The van der Waals surface area contributed by atoms with Crippen LogP contribution in [0.25, 0.3) is 11.5 Å². The summed E-state index contributed by atoms with van der Waals surface area (Å²) in [7, 11) is 0. The highest BCUT2D eigenvalue weighted by Crippen LogP contribution is 2.19. The lowest BCUT2D eigenvalue weighted by Crippen LogP contribution is -2.17. The lowest BCUT2D eigenvalue weighted by molar-refractivity contribution is 0.490. The molecule has 0 saturated heterocycles. The lowest BCUT2D eigenvalue weighted by Gasteiger charge is -1.99. The first-order valence-corrected chi connectivity index (χ1v) is 6.23. The van der Waals surface area contributed by atoms with E-state index < -0.39 is 0 Å². The Kier molecular flexibility index (Phi) is 3.27. The van der Waals surface area contributed by atoms with Gasteiger partial charge in [0.2, 0.25) is 5.89 Å². The molecule has 2 heterocycles. The number of nitrogens with one attached hydrogen (secondary N) is 1. The largest absolute Gasteiger partial charge is 0.421 e. The summed E-state index contributed by atoms with van der Waals surface area (Å²) >= 11 is 0. The molecule has 0 bridgehead atoms. The van der Waals surface area contributed by atoms with E-state index in [1.54, 1.807) is 12.4 Å². The van der Waals surface area contributed by atoms with Gasteiger partial charge in [-0.15, -0.1) is 10.2 Å². The van der Waals surface area contributed by atoms with Crippen molar-refractivity contribution in [2.24, 2.45) is 0 Å². The van der Waals surface area contributed by atoms with Crippen LogP contribution in [0.3, 0.4) is 0 Å². The van der Waals surface area contributed by atoms with E-state index in [1.165, 1.54) is 19.2 Å². The Balaban J connectivity index is 1.52. The van der Waals surface area contributed by atoms with Crippen molar-refractivity contribution in [3.8, 4) is 11.5 Å². The Hall–Kier alpha value is -1.82. The van der Waals surface area contributed by atoms with Crippen LogP contribution in [0.1, 0.15) is 25.2 Å². The van der Waals surface area contributed by atoms with Gasteiger partial charge < -0.3 is 9.73 Å². The number of hydrogen-bond acceptors (Lipinski definition) is 6. The van der Waals surface area contributed by atoms with Crippen LogP contribution in [-0.4, -0.2) is 32.8 Å². The van der Waals surface area contributed by atoms with E-state index in [1.807, 2.05) is 0 Å². The van der Waals surface area contributed by atoms with Gasteiger partial charge in [0.15, 0.2) is 0 Å². The maximum Gasteiger partial charge on any atom is 0.250 e. The van der Waals surface area contributed by atoms with Crippen LogP contribution in [0.2, 0.25) is 0 Å². The predicted octanol–water partition coefficient (Wildman–Crippen LogP) is 1.21. The van der Waals surface area contributed by atoms with Crippen molar-refractivity contribution in [3.63, 3.8) is 0 Å². The minimum Gasteiger partial charge on any atom is -0.421 e. The summed E-state index contributed by atoms with van der Waals surface area (Å²) in [6, 6.07) is 0.754. The fraction of sp³-hybridized carbons (Fsp3) is 0.500. The van der Waals surface area contributed by atoms with Crippen molar-refractivity contribution in [1.82, 2.24) is 25.5 Å². The standard InChI is InChI=1S/C12H15N5O/c1(5-15-10-3-4-10)2-11-16-17-12(18-11)9-6-13-8-14-7-9/h6-8,10,15H,1-5H2. The second-order valence-corrected chi connectivity index (χ2v) is 4.46. The van der Waals surface area contributed by atoms with Crippen LogP contribution in [0.15, 0.2) is 23.1 Å². The third kappa shape index (κ3) is 2.89. The van der Waals surface area contributed by atoms with Gasteiger partial charge in [0.25, 0.3) is 5.89 Å². The van der Waals surface area contributed by atoms with E-state index in [4.69, 9.17) is 4.42 Å². The molecule has 94 valence electrons. The Morgan fingerprint density at radius 2 is 2.06 bits per heavy atom. The second-order valence-electron chi connectivity index (χ2n) is 4.46. The summed E-state index contributed by atoms with van der Waals surface area (Å²) in [6.07, 6.45) is 9.27. The second kappa shape index (κ2) is 5.22. The highest BCUT2D eigenvalue weighted by Gasteiger charge is 2.19. The summed E-state index contributed by atoms with van der Waals surface area (Å²) in [5.41, 5.74) is 0.757. The van der Waals surface area contributed by atoms with Crippen molar-refractivity contribution in [2.45, 2.75) is 31.7 Å². The van der Waals surface area contributed by atoms with Gasteiger partial charge in [-0.3, -0.25) is 0 Å². The molecule has 0 atom stereocenters. The molecule has 1 N–H and O–H groups in total. The molecule has 0 unspecified atom stereocenters. The van der Waals surface area contributed by atoms with Crippen molar-refractivity contribution in [2.75, 3.05) is 6.54 Å². The fourth-order valence-corrected chi connectivity index (χ4v) is 1.71. The number of rotatable bonds is 6. The van der Waals surface area contributed by atoms with Crippen molar-refractivity contribution in [1.29, 1.82) is 0 Å². The molecule has 18 heavy (non-hydrogen) atoms. The normalized spacial score (nSPS) is 14.9. The summed E-state index contributed by atoms with van der Waals surface area (Å²) in [5.74, 6) is 1.16. The van der Waals surface area contributed by atoms with Crippen LogP contribution in [0.4, 0.5) is 0 Å². The van der Waals surface area contributed by atoms with Crippen LogP contribution in [-0.2, 0) is 6.42 Å². The van der Waals surface area contributed by atoms with Crippen LogP contribution in [0, 0.1) is 0 Å². The topological polar surface area (TPSA) is 76.7 Å². The van der Waals surface area contributed by atoms with Crippen LogP contribution >= 0.6 is 0 Å². The molecule has 6 nitrogen and oxygen atoms in total. The molecule has 2 aromatic rings. The number of aryl methyl sites for hydroxylation is 1. The molecule has 1 fully saturated rings. The van der Waals surface area contributed by atoms with Crippen molar-refractivity contribution in [3.05, 3.63) is 24.6 Å². The first-order chi connectivity index (χ1) is 8.92. The van der Waals surface area contributed by atoms with E-state index in [2.05, 4.69) is 25.5 Å². The average molecular weight is 245 g/mol. The smallest absolute Gasteiger partial charge is 0.250 e. The van der Waals surface area contributed by atoms with Crippen LogP contribution < -0.4 is 5.32 Å². The lowest BCUT2D eigenvalue weighted by atomic mass is 10.3. The molecule has 3 rings (SSSR count). The maximum absolute atomic E-state index is 5.56.